The molecule has 2 rings (SSSR count). The van der Waals surface area contributed by atoms with Crippen LogP contribution in [0.15, 0.2) is 60.7 Å². The molecule has 0 saturated heterocycles. The van der Waals surface area contributed by atoms with Crippen LogP contribution in [0.3, 0.4) is 0 Å². The van der Waals surface area contributed by atoms with Gasteiger partial charge in [0.15, 0.2) is 0 Å². The molecule has 2 aromatic carbocycles. The number of ether oxygens (including phenoxy) is 1. The molecule has 20 heavy (non-hydrogen) atoms. The highest BCUT2D eigenvalue weighted by atomic mass is 35.6. The van der Waals surface area contributed by atoms with E-state index in [-0.39, 0.29) is 0 Å². The smallest absolute Gasteiger partial charge is 0.344 e. The summed E-state index contributed by atoms with van der Waals surface area (Å²) in [6.45, 7) is 2.68. The molecule has 2 nitrogen and oxygen atoms in total. The first kappa shape index (κ1) is 14.9. The van der Waals surface area contributed by atoms with E-state index in [2.05, 4.69) is 0 Å². The molecule has 4 heteroatoms. The molecule has 0 aromatic heterocycles. The number of hydrogen-bond acceptors (Lipinski definition) is 2. The summed E-state index contributed by atoms with van der Waals surface area (Å²) in [6.07, 6.45) is 0.897. The fourth-order valence-corrected chi connectivity index (χ4v) is 4.05. The minimum absolute atomic E-state index is 0.664. The lowest BCUT2D eigenvalue weighted by atomic mass is 10.3. The monoisotopic (exact) mass is 306 g/mol. The van der Waals surface area contributed by atoms with E-state index in [4.69, 9.17) is 20.2 Å². The second kappa shape index (κ2) is 7.36. The van der Waals surface area contributed by atoms with E-state index < -0.39 is 7.63 Å². The van der Waals surface area contributed by atoms with Gasteiger partial charge in [-0.15, -0.1) is 11.1 Å². The van der Waals surface area contributed by atoms with Crippen molar-refractivity contribution in [2.24, 2.45) is 0 Å². The maximum Gasteiger partial charge on any atom is 0.344 e. The molecule has 0 amide bonds. The van der Waals surface area contributed by atoms with Gasteiger partial charge in [-0.1, -0.05) is 36.4 Å². The Hall–Kier alpha value is -1.45. The van der Waals surface area contributed by atoms with Gasteiger partial charge in [0.1, 0.15) is 11.5 Å². The number of rotatable bonds is 7. The first-order chi connectivity index (χ1) is 9.66. The summed E-state index contributed by atoms with van der Waals surface area (Å²) in [4.78, 5) is 0. The van der Waals surface area contributed by atoms with Crippen molar-refractivity contribution in [1.82, 2.24) is 0 Å². The standard InChI is InChI=1S/C16H19ClO2Si/c1-20(17,19-16-11-6-3-7-12-16)14-8-13-18-15-9-4-2-5-10-15/h2-7,9-12H,8,13-14H2,1H3. The molecular weight excluding hydrogens is 288 g/mol. The second-order valence-corrected chi connectivity index (χ2v) is 10.1. The molecule has 0 aliphatic rings. The van der Waals surface area contributed by atoms with Crippen molar-refractivity contribution in [2.45, 2.75) is 19.0 Å². The van der Waals surface area contributed by atoms with Crippen LogP contribution in [0.1, 0.15) is 6.42 Å². The molecular formula is C16H19ClO2Si. The van der Waals surface area contributed by atoms with Crippen molar-refractivity contribution in [1.29, 1.82) is 0 Å². The molecule has 0 fully saturated rings. The number of para-hydroxylation sites is 2. The topological polar surface area (TPSA) is 18.5 Å². The van der Waals surface area contributed by atoms with E-state index in [0.717, 1.165) is 24.0 Å². The third kappa shape index (κ3) is 5.27. The minimum atomic E-state index is -2.19. The Bertz CT molecular complexity index is 502. The molecule has 106 valence electrons. The number of hydrogen-bond donors (Lipinski definition) is 0. The molecule has 0 N–H and O–H groups in total. The lowest BCUT2D eigenvalue weighted by molar-refractivity contribution is 0.315. The van der Waals surface area contributed by atoms with E-state index in [9.17, 15) is 0 Å². The van der Waals surface area contributed by atoms with Crippen LogP contribution in [0.2, 0.25) is 12.6 Å². The molecule has 0 spiro atoms. The molecule has 0 saturated carbocycles. The van der Waals surface area contributed by atoms with E-state index in [0.29, 0.717) is 6.61 Å². The van der Waals surface area contributed by atoms with E-state index >= 15 is 0 Å². The van der Waals surface area contributed by atoms with Crippen LogP contribution in [0, 0.1) is 0 Å². The normalized spacial score (nSPS) is 13.5. The van der Waals surface area contributed by atoms with Gasteiger partial charge in [-0.05, 0) is 43.3 Å². The summed E-state index contributed by atoms with van der Waals surface area (Å²) in [5.41, 5.74) is 0. The van der Waals surface area contributed by atoms with Gasteiger partial charge in [0, 0.05) is 0 Å². The van der Waals surface area contributed by atoms with Gasteiger partial charge in [0.05, 0.1) is 6.61 Å². The average Bonchev–Trinajstić information content (AvgIpc) is 2.45. The van der Waals surface area contributed by atoms with Crippen molar-refractivity contribution in [3.05, 3.63) is 60.7 Å². The summed E-state index contributed by atoms with van der Waals surface area (Å²) < 4.78 is 11.6. The van der Waals surface area contributed by atoms with Crippen LogP contribution in [0.25, 0.3) is 0 Å². The first-order valence-electron chi connectivity index (χ1n) is 6.76. The van der Waals surface area contributed by atoms with E-state index in [1.54, 1.807) is 0 Å². The van der Waals surface area contributed by atoms with Crippen molar-refractivity contribution in [3.8, 4) is 11.5 Å². The van der Waals surface area contributed by atoms with Crippen molar-refractivity contribution in [2.75, 3.05) is 6.61 Å². The third-order valence-electron chi connectivity index (χ3n) is 2.85. The van der Waals surface area contributed by atoms with Crippen LogP contribution in [-0.2, 0) is 0 Å². The van der Waals surface area contributed by atoms with Gasteiger partial charge < -0.3 is 9.16 Å². The lowest BCUT2D eigenvalue weighted by Crippen LogP contribution is -2.31. The second-order valence-electron chi connectivity index (χ2n) is 4.78. The van der Waals surface area contributed by atoms with Crippen LogP contribution < -0.4 is 9.16 Å². The SMILES string of the molecule is C[Si](Cl)(CCCOc1ccccc1)Oc1ccccc1. The predicted molar refractivity (Wildman–Crippen MR) is 85.9 cm³/mol. The van der Waals surface area contributed by atoms with Crippen molar-refractivity contribution in [3.63, 3.8) is 0 Å². The Morgan fingerprint density at radius 3 is 2.05 bits per heavy atom. The van der Waals surface area contributed by atoms with Gasteiger partial charge in [0.25, 0.3) is 0 Å². The zero-order valence-corrected chi connectivity index (χ0v) is 13.3. The maximum absolute atomic E-state index is 6.51. The molecule has 2 aromatic rings. The van der Waals surface area contributed by atoms with Crippen LogP contribution in [-0.4, -0.2) is 14.2 Å². The van der Waals surface area contributed by atoms with Gasteiger partial charge in [-0.2, -0.15) is 0 Å². The van der Waals surface area contributed by atoms with Gasteiger partial charge in [-0.25, -0.2) is 0 Å². The molecule has 1 unspecified atom stereocenters. The predicted octanol–water partition coefficient (Wildman–Crippen LogP) is 4.85. The number of benzene rings is 2. The fourth-order valence-electron chi connectivity index (χ4n) is 1.88. The summed E-state index contributed by atoms with van der Waals surface area (Å²) in [5, 5.41) is 0. The highest BCUT2D eigenvalue weighted by Gasteiger charge is 2.27. The summed E-state index contributed by atoms with van der Waals surface area (Å²) in [7, 11) is -2.19. The van der Waals surface area contributed by atoms with E-state index in [1.165, 1.54) is 0 Å². The highest BCUT2D eigenvalue weighted by molar-refractivity contribution is 7.16. The van der Waals surface area contributed by atoms with Crippen LogP contribution in [0.4, 0.5) is 0 Å². The Balaban J connectivity index is 1.72. The zero-order chi connectivity index (χ0) is 14.3. The van der Waals surface area contributed by atoms with Gasteiger partial charge in [-0.3, -0.25) is 0 Å². The number of halogens is 1. The first-order valence-corrected chi connectivity index (χ1v) is 10.4. The van der Waals surface area contributed by atoms with Crippen LogP contribution in [0.5, 0.6) is 11.5 Å². The summed E-state index contributed by atoms with van der Waals surface area (Å²) in [5.74, 6) is 1.75. The van der Waals surface area contributed by atoms with Crippen molar-refractivity contribution < 1.29 is 9.16 Å². The molecule has 0 aliphatic carbocycles. The Morgan fingerprint density at radius 2 is 1.45 bits per heavy atom. The lowest BCUT2D eigenvalue weighted by Gasteiger charge is -2.21. The highest BCUT2D eigenvalue weighted by Crippen LogP contribution is 2.23. The Morgan fingerprint density at radius 1 is 0.900 bits per heavy atom. The quantitative estimate of drug-likeness (QED) is 0.414. The maximum atomic E-state index is 6.51. The van der Waals surface area contributed by atoms with E-state index in [1.807, 2.05) is 67.2 Å². The van der Waals surface area contributed by atoms with Crippen LogP contribution >= 0.6 is 11.1 Å². The van der Waals surface area contributed by atoms with Gasteiger partial charge in [0.2, 0.25) is 0 Å². The minimum Gasteiger partial charge on any atom is -0.529 e. The fraction of sp³-hybridized carbons (Fsp3) is 0.250. The largest absolute Gasteiger partial charge is 0.529 e. The Kier molecular flexibility index (Phi) is 5.50. The Labute approximate surface area is 126 Å². The third-order valence-corrected chi connectivity index (χ3v) is 5.56. The average molecular weight is 307 g/mol. The molecule has 0 heterocycles. The van der Waals surface area contributed by atoms with Gasteiger partial charge >= 0.3 is 7.63 Å². The molecule has 0 bridgehead atoms. The summed E-state index contributed by atoms with van der Waals surface area (Å²) in [6, 6.07) is 20.4. The molecule has 0 aliphatic heterocycles. The molecule has 0 radical (unpaired) electrons. The summed E-state index contributed by atoms with van der Waals surface area (Å²) >= 11 is 6.51. The molecule has 1 atom stereocenters. The van der Waals surface area contributed by atoms with Crippen molar-refractivity contribution >= 4 is 18.7 Å². The zero-order valence-electron chi connectivity index (χ0n) is 11.6.